The van der Waals surface area contributed by atoms with Gasteiger partial charge in [-0.3, -0.25) is 19.3 Å². The number of hydrogen-bond acceptors (Lipinski definition) is 5. The van der Waals surface area contributed by atoms with E-state index in [1.54, 1.807) is 0 Å². The van der Waals surface area contributed by atoms with Gasteiger partial charge >= 0.3 is 0 Å². The zero-order valence-corrected chi connectivity index (χ0v) is 18.9. The second-order valence-electron chi connectivity index (χ2n) is 9.64. The van der Waals surface area contributed by atoms with Gasteiger partial charge in [0, 0.05) is 56.5 Å². The maximum atomic E-state index is 12.9. The summed E-state index contributed by atoms with van der Waals surface area (Å²) in [6.45, 7) is 5.84. The van der Waals surface area contributed by atoms with E-state index in [9.17, 15) is 4.79 Å². The molecule has 7 nitrogen and oxygen atoms in total. The van der Waals surface area contributed by atoms with Crippen LogP contribution in [-0.2, 0) is 24.8 Å². The van der Waals surface area contributed by atoms with Crippen molar-refractivity contribution in [3.63, 3.8) is 0 Å². The van der Waals surface area contributed by atoms with Crippen LogP contribution in [-0.4, -0.2) is 50.2 Å². The van der Waals surface area contributed by atoms with Gasteiger partial charge in [-0.1, -0.05) is 19.3 Å². The van der Waals surface area contributed by atoms with E-state index in [4.69, 9.17) is 9.97 Å². The molecule has 7 heteroatoms. The van der Waals surface area contributed by atoms with Crippen LogP contribution < -0.4 is 4.90 Å². The normalized spacial score (nSPS) is 22.8. The molecule has 166 valence electrons. The molecule has 0 spiro atoms. The number of rotatable bonds is 5. The van der Waals surface area contributed by atoms with E-state index in [-0.39, 0.29) is 5.91 Å². The summed E-state index contributed by atoms with van der Waals surface area (Å²) in [4.78, 5) is 27.3. The highest BCUT2D eigenvalue weighted by Gasteiger charge is 2.33. The minimum atomic E-state index is 0.242. The second kappa shape index (κ2) is 8.69. The summed E-state index contributed by atoms with van der Waals surface area (Å²) in [6.07, 6.45) is 10.7. The Morgan fingerprint density at radius 1 is 1.10 bits per heavy atom. The standard InChI is InChI=1S/C24H34N6O/c1-17-21-8-9-22(31)30(14-18-6-4-3-5-7-18)24(21)27-23(26-17)19-11-13-29(15-19)16-20-10-12-25-28(20)2/h10,12,18-19H,3-9,11,13-16H2,1-2H3. The highest BCUT2D eigenvalue weighted by Crippen LogP contribution is 2.34. The van der Waals surface area contributed by atoms with Crippen LogP contribution in [0.3, 0.4) is 0 Å². The number of aromatic nitrogens is 4. The minimum Gasteiger partial charge on any atom is -0.297 e. The van der Waals surface area contributed by atoms with Crippen molar-refractivity contribution in [2.45, 2.75) is 70.8 Å². The lowest BCUT2D eigenvalue weighted by Crippen LogP contribution is -2.40. The SMILES string of the molecule is Cc1nc(C2CCN(Cc3ccnn3C)C2)nc2c1CCC(=O)N2CC1CCCCC1. The Labute approximate surface area is 184 Å². The first-order chi connectivity index (χ1) is 15.1. The van der Waals surface area contributed by atoms with Gasteiger partial charge in [0.15, 0.2) is 0 Å². The number of aryl methyl sites for hydroxylation is 2. The Balaban J connectivity index is 1.35. The van der Waals surface area contributed by atoms with Crippen LogP contribution in [0.2, 0.25) is 0 Å². The Morgan fingerprint density at radius 2 is 1.94 bits per heavy atom. The maximum Gasteiger partial charge on any atom is 0.228 e. The zero-order valence-electron chi connectivity index (χ0n) is 18.9. The third-order valence-electron chi connectivity index (χ3n) is 7.47. The van der Waals surface area contributed by atoms with Gasteiger partial charge in [0.1, 0.15) is 11.6 Å². The molecule has 2 aromatic rings. The molecule has 31 heavy (non-hydrogen) atoms. The average Bonchev–Trinajstić information content (AvgIpc) is 3.40. The molecule has 3 aliphatic rings. The summed E-state index contributed by atoms with van der Waals surface area (Å²) < 4.78 is 1.95. The third kappa shape index (κ3) is 4.25. The van der Waals surface area contributed by atoms with E-state index in [0.29, 0.717) is 18.3 Å². The van der Waals surface area contributed by atoms with Crippen LogP contribution >= 0.6 is 0 Å². The predicted molar refractivity (Wildman–Crippen MR) is 120 cm³/mol. The van der Waals surface area contributed by atoms with Gasteiger partial charge < -0.3 is 0 Å². The van der Waals surface area contributed by atoms with E-state index in [2.05, 4.69) is 23.0 Å². The smallest absolute Gasteiger partial charge is 0.228 e. The van der Waals surface area contributed by atoms with Crippen molar-refractivity contribution in [3.05, 3.63) is 35.0 Å². The fourth-order valence-electron chi connectivity index (χ4n) is 5.57. The fourth-order valence-corrected chi connectivity index (χ4v) is 5.57. The average molecular weight is 423 g/mol. The summed E-state index contributed by atoms with van der Waals surface area (Å²) in [5.74, 6) is 3.02. The highest BCUT2D eigenvalue weighted by atomic mass is 16.2. The largest absolute Gasteiger partial charge is 0.297 e. The third-order valence-corrected chi connectivity index (χ3v) is 7.47. The van der Waals surface area contributed by atoms with E-state index < -0.39 is 0 Å². The number of hydrogen-bond donors (Lipinski definition) is 0. The number of amides is 1. The number of carbonyl (C=O) groups is 1. The highest BCUT2D eigenvalue weighted by molar-refractivity contribution is 5.95. The van der Waals surface area contributed by atoms with Gasteiger partial charge in [-0.15, -0.1) is 0 Å². The van der Waals surface area contributed by atoms with Crippen LogP contribution in [0.5, 0.6) is 0 Å². The van der Waals surface area contributed by atoms with Gasteiger partial charge in [0.2, 0.25) is 5.91 Å². The summed E-state index contributed by atoms with van der Waals surface area (Å²) in [5.41, 5.74) is 3.47. The van der Waals surface area contributed by atoms with Gasteiger partial charge in [0.25, 0.3) is 0 Å². The van der Waals surface area contributed by atoms with Crippen molar-refractivity contribution in [3.8, 4) is 0 Å². The summed E-state index contributed by atoms with van der Waals surface area (Å²) in [5, 5.41) is 4.29. The fraction of sp³-hybridized carbons (Fsp3) is 0.667. The molecule has 5 rings (SSSR count). The Kier molecular flexibility index (Phi) is 5.78. The van der Waals surface area contributed by atoms with Crippen LogP contribution in [0.25, 0.3) is 0 Å². The summed E-state index contributed by atoms with van der Waals surface area (Å²) in [6, 6.07) is 2.08. The van der Waals surface area contributed by atoms with Crippen LogP contribution in [0.1, 0.15) is 73.6 Å². The number of anilines is 1. The van der Waals surface area contributed by atoms with Crippen molar-refractivity contribution in [1.29, 1.82) is 0 Å². The number of nitrogens with zero attached hydrogens (tertiary/aromatic N) is 6. The molecular formula is C24H34N6O. The molecule has 2 fully saturated rings. The Bertz CT molecular complexity index is 948. The Hall–Kier alpha value is -2.28. The Morgan fingerprint density at radius 3 is 2.71 bits per heavy atom. The molecule has 1 saturated heterocycles. The van der Waals surface area contributed by atoms with E-state index in [0.717, 1.165) is 56.4 Å². The first-order valence-electron chi connectivity index (χ1n) is 12.0. The van der Waals surface area contributed by atoms with E-state index in [1.165, 1.54) is 43.4 Å². The van der Waals surface area contributed by atoms with Crippen molar-refractivity contribution >= 4 is 11.7 Å². The predicted octanol–water partition coefficient (Wildman–Crippen LogP) is 3.37. The van der Waals surface area contributed by atoms with Crippen LogP contribution in [0.4, 0.5) is 5.82 Å². The molecule has 1 aliphatic carbocycles. The molecular weight excluding hydrogens is 388 g/mol. The number of likely N-dealkylation sites (tertiary alicyclic amines) is 1. The van der Waals surface area contributed by atoms with Gasteiger partial charge in [0.05, 0.1) is 5.69 Å². The van der Waals surface area contributed by atoms with Crippen molar-refractivity contribution < 1.29 is 4.79 Å². The second-order valence-corrected chi connectivity index (χ2v) is 9.64. The molecule has 0 N–H and O–H groups in total. The summed E-state index contributed by atoms with van der Waals surface area (Å²) >= 11 is 0. The molecule has 0 radical (unpaired) electrons. The van der Waals surface area contributed by atoms with E-state index >= 15 is 0 Å². The topological polar surface area (TPSA) is 67.2 Å². The van der Waals surface area contributed by atoms with Crippen LogP contribution in [0, 0.1) is 12.8 Å². The minimum absolute atomic E-state index is 0.242. The maximum absolute atomic E-state index is 12.9. The molecule has 0 aromatic carbocycles. The van der Waals surface area contributed by atoms with Crippen molar-refractivity contribution in [2.75, 3.05) is 24.5 Å². The molecule has 1 atom stereocenters. The van der Waals surface area contributed by atoms with Crippen LogP contribution in [0.15, 0.2) is 12.3 Å². The molecule has 1 saturated carbocycles. The quantitative estimate of drug-likeness (QED) is 0.739. The molecule has 4 heterocycles. The number of fused-ring (bicyclic) bond motifs is 1. The van der Waals surface area contributed by atoms with Gasteiger partial charge in [-0.2, -0.15) is 5.10 Å². The van der Waals surface area contributed by atoms with Crippen molar-refractivity contribution in [2.24, 2.45) is 13.0 Å². The lowest BCUT2D eigenvalue weighted by molar-refractivity contribution is -0.119. The molecule has 1 amide bonds. The first kappa shape index (κ1) is 20.6. The molecule has 0 bridgehead atoms. The molecule has 2 aliphatic heterocycles. The van der Waals surface area contributed by atoms with Crippen molar-refractivity contribution in [1.82, 2.24) is 24.6 Å². The molecule has 1 unspecified atom stereocenters. The lowest BCUT2D eigenvalue weighted by Gasteiger charge is -2.33. The van der Waals surface area contributed by atoms with E-state index in [1.807, 2.05) is 22.8 Å². The lowest BCUT2D eigenvalue weighted by atomic mass is 9.88. The number of carbonyl (C=O) groups excluding carboxylic acids is 1. The molecule has 2 aromatic heterocycles. The zero-order chi connectivity index (χ0) is 21.4. The first-order valence-corrected chi connectivity index (χ1v) is 12.0. The monoisotopic (exact) mass is 422 g/mol. The van der Waals surface area contributed by atoms with Gasteiger partial charge in [-0.25, -0.2) is 9.97 Å². The summed E-state index contributed by atoms with van der Waals surface area (Å²) in [7, 11) is 2.00. The van der Waals surface area contributed by atoms with Gasteiger partial charge in [-0.05, 0) is 51.1 Å².